The molecule has 6 nitrogen and oxygen atoms in total. The molecule has 1 aromatic heterocycles. The maximum Gasteiger partial charge on any atom is 0.410 e. The molecule has 1 unspecified atom stereocenters. The quantitative estimate of drug-likeness (QED) is 0.837. The van der Waals surface area contributed by atoms with Crippen molar-refractivity contribution < 1.29 is 9.53 Å². The average Bonchev–Trinajstić information content (AvgIpc) is 2.52. The monoisotopic (exact) mass is 346 g/mol. The number of pyridine rings is 1. The van der Waals surface area contributed by atoms with Gasteiger partial charge in [0.15, 0.2) is 0 Å². The number of nitrogens with zero attached hydrogens (tertiary/aromatic N) is 4. The predicted molar refractivity (Wildman–Crippen MR) is 97.3 cm³/mol. The van der Waals surface area contributed by atoms with Crippen LogP contribution in [0.5, 0.6) is 0 Å². The Morgan fingerprint density at radius 3 is 2.48 bits per heavy atom. The highest BCUT2D eigenvalue weighted by Gasteiger charge is 2.36. The molecule has 3 heterocycles. The van der Waals surface area contributed by atoms with Gasteiger partial charge in [-0.3, -0.25) is 14.8 Å². The highest BCUT2D eigenvalue weighted by Crippen LogP contribution is 2.22. The number of aromatic nitrogens is 1. The summed E-state index contributed by atoms with van der Waals surface area (Å²) in [6.07, 6.45) is 4.67. The van der Waals surface area contributed by atoms with Crippen LogP contribution in [0.4, 0.5) is 4.79 Å². The lowest BCUT2D eigenvalue weighted by molar-refractivity contribution is -0.0153. The van der Waals surface area contributed by atoms with E-state index >= 15 is 0 Å². The summed E-state index contributed by atoms with van der Waals surface area (Å²) in [6.45, 7) is 12.7. The number of carbonyl (C=O) groups is 1. The number of carbonyl (C=O) groups excluding carboxylic acids is 1. The third-order valence-electron chi connectivity index (χ3n) is 4.83. The topological polar surface area (TPSA) is 48.9 Å². The van der Waals surface area contributed by atoms with Crippen molar-refractivity contribution in [3.63, 3.8) is 0 Å². The molecule has 1 aromatic rings. The van der Waals surface area contributed by atoms with Crippen LogP contribution >= 0.6 is 0 Å². The molecule has 0 saturated carbocycles. The maximum atomic E-state index is 12.2. The molecule has 0 spiro atoms. The van der Waals surface area contributed by atoms with E-state index in [0.29, 0.717) is 6.04 Å². The predicted octanol–water partition coefficient (Wildman–Crippen LogP) is 2.21. The zero-order valence-corrected chi connectivity index (χ0v) is 15.6. The summed E-state index contributed by atoms with van der Waals surface area (Å²) < 4.78 is 5.50. The van der Waals surface area contributed by atoms with E-state index in [0.717, 1.165) is 52.2 Å². The molecule has 0 aliphatic carbocycles. The highest BCUT2D eigenvalue weighted by atomic mass is 16.6. The van der Waals surface area contributed by atoms with Crippen LogP contribution < -0.4 is 0 Å². The fourth-order valence-electron chi connectivity index (χ4n) is 3.37. The largest absolute Gasteiger partial charge is 0.444 e. The van der Waals surface area contributed by atoms with Crippen LogP contribution in [0.3, 0.4) is 0 Å². The van der Waals surface area contributed by atoms with E-state index < -0.39 is 5.60 Å². The Hall–Kier alpha value is -1.66. The minimum atomic E-state index is -0.421. The molecule has 0 aromatic carbocycles. The molecule has 3 rings (SSSR count). The third kappa shape index (κ3) is 5.16. The molecule has 1 amide bonds. The number of ether oxygens (including phenoxy) is 1. The van der Waals surface area contributed by atoms with Gasteiger partial charge >= 0.3 is 6.09 Å². The normalized spacial score (nSPS) is 22.5. The van der Waals surface area contributed by atoms with Crippen molar-refractivity contribution in [2.45, 2.75) is 45.4 Å². The molecular weight excluding hydrogens is 316 g/mol. The second kappa shape index (κ2) is 7.70. The van der Waals surface area contributed by atoms with Crippen molar-refractivity contribution in [2.75, 3.05) is 39.3 Å². The number of rotatable bonds is 4. The summed E-state index contributed by atoms with van der Waals surface area (Å²) in [5.41, 5.74) is 0.848. The highest BCUT2D eigenvalue weighted by molar-refractivity contribution is 5.69. The molecule has 2 fully saturated rings. The van der Waals surface area contributed by atoms with Gasteiger partial charge in [0.1, 0.15) is 5.60 Å². The Morgan fingerprint density at radius 2 is 1.92 bits per heavy atom. The minimum Gasteiger partial charge on any atom is -0.444 e. The van der Waals surface area contributed by atoms with E-state index in [1.54, 1.807) is 0 Å². The lowest BCUT2D eigenvalue weighted by Gasteiger charge is -2.45. The molecule has 2 saturated heterocycles. The lowest BCUT2D eigenvalue weighted by Crippen LogP contribution is -2.58. The van der Waals surface area contributed by atoms with Gasteiger partial charge in [-0.2, -0.15) is 0 Å². The Morgan fingerprint density at radius 1 is 1.20 bits per heavy atom. The van der Waals surface area contributed by atoms with E-state index in [1.807, 2.05) is 44.1 Å². The minimum absolute atomic E-state index is 0.168. The second-order valence-corrected chi connectivity index (χ2v) is 8.05. The zero-order chi connectivity index (χ0) is 17.9. The molecule has 0 bridgehead atoms. The van der Waals surface area contributed by atoms with Gasteiger partial charge < -0.3 is 9.64 Å². The third-order valence-corrected chi connectivity index (χ3v) is 4.83. The standard InChI is InChI=1S/C19H30N4O2/c1-19(2,3)25-18(24)23-8-6-17(23)15-22-11-9-21(10-12-22)14-16-5-4-7-20-13-16/h4-5,7,13,17H,6,8-12,14-15H2,1-3H3. The van der Waals surface area contributed by atoms with E-state index in [4.69, 9.17) is 4.74 Å². The molecule has 0 radical (unpaired) electrons. The van der Waals surface area contributed by atoms with E-state index in [2.05, 4.69) is 20.9 Å². The first-order chi connectivity index (χ1) is 11.9. The Labute approximate surface area is 150 Å². The molecule has 6 heteroatoms. The van der Waals surface area contributed by atoms with E-state index in [-0.39, 0.29) is 6.09 Å². The van der Waals surface area contributed by atoms with Crippen molar-refractivity contribution in [2.24, 2.45) is 0 Å². The summed E-state index contributed by atoms with van der Waals surface area (Å²) in [4.78, 5) is 23.2. The van der Waals surface area contributed by atoms with Crippen molar-refractivity contribution in [3.8, 4) is 0 Å². The number of amides is 1. The van der Waals surface area contributed by atoms with E-state index in [1.165, 1.54) is 5.56 Å². The molecule has 25 heavy (non-hydrogen) atoms. The van der Waals surface area contributed by atoms with Crippen molar-refractivity contribution in [3.05, 3.63) is 30.1 Å². The van der Waals surface area contributed by atoms with E-state index in [9.17, 15) is 4.79 Å². The number of likely N-dealkylation sites (tertiary alicyclic amines) is 1. The van der Waals surface area contributed by atoms with Crippen molar-refractivity contribution in [1.82, 2.24) is 19.7 Å². The van der Waals surface area contributed by atoms with Crippen LogP contribution in [0.25, 0.3) is 0 Å². The smallest absolute Gasteiger partial charge is 0.410 e. The first-order valence-corrected chi connectivity index (χ1v) is 9.24. The van der Waals surface area contributed by atoms with Gasteiger partial charge in [-0.15, -0.1) is 0 Å². The van der Waals surface area contributed by atoms with Gasteiger partial charge in [-0.1, -0.05) is 6.07 Å². The number of hydrogen-bond donors (Lipinski definition) is 0. The SMILES string of the molecule is CC(C)(C)OC(=O)N1CCC1CN1CCN(Cc2cccnc2)CC1. The summed E-state index contributed by atoms with van der Waals surface area (Å²) >= 11 is 0. The summed E-state index contributed by atoms with van der Waals surface area (Å²) in [5, 5.41) is 0. The summed E-state index contributed by atoms with van der Waals surface area (Å²) in [5.74, 6) is 0. The Kier molecular flexibility index (Phi) is 5.59. The zero-order valence-electron chi connectivity index (χ0n) is 15.6. The number of piperazine rings is 1. The summed E-state index contributed by atoms with van der Waals surface area (Å²) in [7, 11) is 0. The van der Waals surface area contributed by atoms with Gasteiger partial charge in [-0.05, 0) is 38.8 Å². The van der Waals surface area contributed by atoms with Crippen LogP contribution in [-0.4, -0.2) is 76.7 Å². The average molecular weight is 346 g/mol. The fourth-order valence-corrected chi connectivity index (χ4v) is 3.37. The number of hydrogen-bond acceptors (Lipinski definition) is 5. The van der Waals surface area contributed by atoms with Crippen LogP contribution in [0.1, 0.15) is 32.8 Å². The first-order valence-electron chi connectivity index (χ1n) is 9.24. The molecule has 2 aliphatic rings. The van der Waals surface area contributed by atoms with Crippen LogP contribution in [0, 0.1) is 0 Å². The molecule has 0 N–H and O–H groups in total. The molecule has 1 atom stereocenters. The second-order valence-electron chi connectivity index (χ2n) is 8.05. The fraction of sp³-hybridized carbons (Fsp3) is 0.684. The van der Waals surface area contributed by atoms with Crippen molar-refractivity contribution in [1.29, 1.82) is 0 Å². The molecule has 2 aliphatic heterocycles. The Balaban J connectivity index is 1.41. The van der Waals surface area contributed by atoms with Crippen molar-refractivity contribution >= 4 is 6.09 Å². The van der Waals surface area contributed by atoms with Crippen LogP contribution in [0.2, 0.25) is 0 Å². The first kappa shape index (κ1) is 18.1. The Bertz CT molecular complexity index is 565. The molecule has 138 valence electrons. The maximum absolute atomic E-state index is 12.2. The molecular formula is C19H30N4O2. The van der Waals surface area contributed by atoms with Gasteiger partial charge in [0.05, 0.1) is 0 Å². The van der Waals surface area contributed by atoms with Crippen LogP contribution in [0.15, 0.2) is 24.5 Å². The van der Waals surface area contributed by atoms with Gasteiger partial charge in [0.2, 0.25) is 0 Å². The lowest BCUT2D eigenvalue weighted by atomic mass is 10.0. The van der Waals surface area contributed by atoms with Crippen LogP contribution in [-0.2, 0) is 11.3 Å². The van der Waals surface area contributed by atoms with Gasteiger partial charge in [0.25, 0.3) is 0 Å². The summed E-state index contributed by atoms with van der Waals surface area (Å²) in [6, 6.07) is 4.43. The van der Waals surface area contributed by atoms with Gasteiger partial charge in [0, 0.05) is 64.2 Å². The van der Waals surface area contributed by atoms with Gasteiger partial charge in [-0.25, -0.2) is 4.79 Å².